The van der Waals surface area contributed by atoms with E-state index in [9.17, 15) is 9.90 Å². The van der Waals surface area contributed by atoms with E-state index in [4.69, 9.17) is 19.6 Å². The molecule has 0 bridgehead atoms. The highest BCUT2D eigenvalue weighted by molar-refractivity contribution is 5.86. The van der Waals surface area contributed by atoms with E-state index in [-0.39, 0.29) is 29.3 Å². The van der Waals surface area contributed by atoms with Crippen molar-refractivity contribution in [3.63, 3.8) is 0 Å². The summed E-state index contributed by atoms with van der Waals surface area (Å²) in [7, 11) is 0. The summed E-state index contributed by atoms with van der Waals surface area (Å²) in [5.41, 5.74) is 6.81. The predicted octanol–water partition coefficient (Wildman–Crippen LogP) is 3.84. The Morgan fingerprint density at radius 1 is 1.21 bits per heavy atom. The number of benzene rings is 2. The van der Waals surface area contributed by atoms with Crippen LogP contribution in [-0.4, -0.2) is 17.2 Å². The highest BCUT2D eigenvalue weighted by Crippen LogP contribution is 2.33. The molecule has 3 N–H and O–H groups in total. The molecule has 0 saturated heterocycles. The zero-order chi connectivity index (χ0) is 19.7. The van der Waals surface area contributed by atoms with Gasteiger partial charge in [0.15, 0.2) is 0 Å². The van der Waals surface area contributed by atoms with Gasteiger partial charge in [-0.05, 0) is 30.7 Å². The number of aromatic hydroxyl groups is 1. The number of hydrogen-bond donors (Lipinski definition) is 2. The van der Waals surface area contributed by atoms with Gasteiger partial charge < -0.3 is 24.7 Å². The summed E-state index contributed by atoms with van der Waals surface area (Å²) in [6, 6.07) is 14.5. The smallest absolute Gasteiger partial charge is 0.244 e. The Labute approximate surface area is 172 Å². The van der Waals surface area contributed by atoms with E-state index in [1.807, 2.05) is 30.3 Å². The van der Waals surface area contributed by atoms with Crippen molar-refractivity contribution in [3.05, 3.63) is 76.3 Å². The Hall–Kier alpha value is -3.45. The number of fused-ring (bicyclic) bond motifs is 1. The van der Waals surface area contributed by atoms with E-state index in [1.54, 1.807) is 19.1 Å². The summed E-state index contributed by atoms with van der Waals surface area (Å²) >= 11 is 0. The maximum atomic E-state index is 12.6. The van der Waals surface area contributed by atoms with Crippen LogP contribution < -0.4 is 11.2 Å². The van der Waals surface area contributed by atoms with Crippen LogP contribution in [0.25, 0.3) is 16.7 Å². The topological polar surface area (TPSA) is 107 Å². The van der Waals surface area contributed by atoms with Gasteiger partial charge in [-0.25, -0.2) is 4.99 Å². The van der Waals surface area contributed by atoms with Crippen molar-refractivity contribution < 1.29 is 19.0 Å². The molecule has 4 rings (SSSR count). The normalized spacial score (nSPS) is 16.0. The molecule has 7 nitrogen and oxygen atoms in total. The van der Waals surface area contributed by atoms with Crippen LogP contribution in [0.4, 0.5) is 5.69 Å². The van der Waals surface area contributed by atoms with Gasteiger partial charge >= 0.3 is 0 Å². The van der Waals surface area contributed by atoms with Gasteiger partial charge in [0.2, 0.25) is 29.0 Å². The fourth-order valence-electron chi connectivity index (χ4n) is 2.95. The molecule has 2 aromatic carbocycles. The molecule has 3 aromatic rings. The van der Waals surface area contributed by atoms with E-state index in [2.05, 4.69) is 4.99 Å². The number of halogens is 1. The molecule has 1 aromatic heterocycles. The quantitative estimate of drug-likeness (QED) is 0.496. The third kappa shape index (κ3) is 4.20. The fraction of sp³-hybridized carbons (Fsp3) is 0.143. The minimum absolute atomic E-state index is 0. The van der Waals surface area contributed by atoms with Crippen LogP contribution in [0.15, 0.2) is 69.0 Å². The van der Waals surface area contributed by atoms with Gasteiger partial charge in [0.1, 0.15) is 11.8 Å². The predicted molar refractivity (Wildman–Crippen MR) is 112 cm³/mol. The van der Waals surface area contributed by atoms with Crippen LogP contribution in [0.1, 0.15) is 18.2 Å². The van der Waals surface area contributed by atoms with Crippen molar-refractivity contribution in [2.24, 2.45) is 10.7 Å². The number of nitrogens with two attached hydrogens (primary N) is 1. The molecular weight excluding hydrogens is 396 g/mol. The second-order valence-corrected chi connectivity index (χ2v) is 6.40. The van der Waals surface area contributed by atoms with Crippen LogP contribution in [0.3, 0.4) is 0 Å². The first-order valence-corrected chi connectivity index (χ1v) is 8.68. The van der Waals surface area contributed by atoms with Crippen LogP contribution in [0.2, 0.25) is 0 Å². The summed E-state index contributed by atoms with van der Waals surface area (Å²) < 4.78 is 16.9. The maximum Gasteiger partial charge on any atom is 0.244 e. The molecule has 150 valence electrons. The van der Waals surface area contributed by atoms with E-state index >= 15 is 0 Å². The van der Waals surface area contributed by atoms with E-state index in [1.165, 1.54) is 12.3 Å². The standard InChI is InChI=1S/C21H18N2O5.ClH/c1-12(22)23-14-7-8-16-15(10-14)19(24)20(25)21(28-16)17-11-26-18(27-17)9-13-5-3-2-4-6-13;/h2-8,10-11,18,25H,9H2,1H3,(H2,22,23);1H. The lowest BCUT2D eigenvalue weighted by atomic mass is 10.1. The lowest BCUT2D eigenvalue weighted by Gasteiger charge is -2.12. The van der Waals surface area contributed by atoms with Crippen molar-refractivity contribution in [3.8, 4) is 5.75 Å². The average Bonchev–Trinajstić information content (AvgIpc) is 3.13. The lowest BCUT2D eigenvalue weighted by Crippen LogP contribution is -2.12. The molecule has 1 aliphatic heterocycles. The Morgan fingerprint density at radius 2 is 1.97 bits per heavy atom. The number of aliphatic imine (C=N–C) groups is 1. The summed E-state index contributed by atoms with van der Waals surface area (Å²) in [4.78, 5) is 16.7. The summed E-state index contributed by atoms with van der Waals surface area (Å²) in [6.07, 6.45) is 1.29. The van der Waals surface area contributed by atoms with Gasteiger partial charge in [-0.2, -0.15) is 0 Å². The Bertz CT molecular complexity index is 1150. The molecule has 2 heterocycles. The second kappa shape index (κ2) is 8.28. The molecule has 0 radical (unpaired) electrons. The number of rotatable bonds is 4. The molecule has 1 unspecified atom stereocenters. The van der Waals surface area contributed by atoms with Crippen molar-refractivity contribution in [2.45, 2.75) is 19.6 Å². The Kier molecular flexibility index (Phi) is 5.79. The number of ether oxygens (including phenoxy) is 2. The molecule has 0 fully saturated rings. The monoisotopic (exact) mass is 414 g/mol. The lowest BCUT2D eigenvalue weighted by molar-refractivity contribution is -0.0145. The molecule has 0 saturated carbocycles. The van der Waals surface area contributed by atoms with E-state index < -0.39 is 17.5 Å². The van der Waals surface area contributed by atoms with Gasteiger partial charge in [-0.3, -0.25) is 4.79 Å². The first-order valence-electron chi connectivity index (χ1n) is 8.68. The first-order chi connectivity index (χ1) is 13.5. The van der Waals surface area contributed by atoms with Crippen LogP contribution >= 0.6 is 12.4 Å². The van der Waals surface area contributed by atoms with E-state index in [0.717, 1.165) is 5.56 Å². The zero-order valence-electron chi connectivity index (χ0n) is 15.5. The zero-order valence-corrected chi connectivity index (χ0v) is 16.3. The third-order valence-electron chi connectivity index (χ3n) is 4.21. The summed E-state index contributed by atoms with van der Waals surface area (Å²) in [5.74, 6) is -0.0966. The highest BCUT2D eigenvalue weighted by atomic mass is 35.5. The van der Waals surface area contributed by atoms with Crippen LogP contribution in [0.5, 0.6) is 5.75 Å². The fourth-order valence-corrected chi connectivity index (χ4v) is 2.95. The molecule has 29 heavy (non-hydrogen) atoms. The van der Waals surface area contributed by atoms with Gasteiger partial charge in [-0.15, -0.1) is 12.4 Å². The minimum Gasteiger partial charge on any atom is -0.501 e. The van der Waals surface area contributed by atoms with Crippen molar-refractivity contribution in [1.82, 2.24) is 0 Å². The van der Waals surface area contributed by atoms with Gasteiger partial charge in [-0.1, -0.05) is 30.3 Å². The third-order valence-corrected chi connectivity index (χ3v) is 4.21. The second-order valence-electron chi connectivity index (χ2n) is 6.40. The largest absolute Gasteiger partial charge is 0.501 e. The van der Waals surface area contributed by atoms with Crippen molar-refractivity contribution in [2.75, 3.05) is 0 Å². The van der Waals surface area contributed by atoms with Crippen molar-refractivity contribution in [1.29, 1.82) is 0 Å². The minimum atomic E-state index is -0.584. The Morgan fingerprint density at radius 3 is 2.69 bits per heavy atom. The highest BCUT2D eigenvalue weighted by Gasteiger charge is 2.27. The summed E-state index contributed by atoms with van der Waals surface area (Å²) in [6.45, 7) is 1.64. The maximum absolute atomic E-state index is 12.6. The summed E-state index contributed by atoms with van der Waals surface area (Å²) in [5, 5.41) is 10.6. The van der Waals surface area contributed by atoms with Gasteiger partial charge in [0, 0.05) is 6.42 Å². The molecular formula is C21H19ClN2O5. The molecule has 8 heteroatoms. The van der Waals surface area contributed by atoms with Gasteiger partial charge in [0.05, 0.1) is 16.9 Å². The molecule has 0 spiro atoms. The number of nitrogens with zero attached hydrogens (tertiary/aromatic N) is 1. The first kappa shape index (κ1) is 20.3. The molecule has 0 amide bonds. The SMILES string of the molecule is CC(N)=Nc1ccc2oc(C3=COC(Cc4ccccc4)O3)c(O)c(=O)c2c1.Cl. The molecule has 1 atom stereocenters. The van der Waals surface area contributed by atoms with E-state index in [0.29, 0.717) is 23.5 Å². The van der Waals surface area contributed by atoms with Crippen LogP contribution in [0, 0.1) is 0 Å². The van der Waals surface area contributed by atoms with Gasteiger partial charge in [0.25, 0.3) is 0 Å². The van der Waals surface area contributed by atoms with Crippen molar-refractivity contribution >= 4 is 40.7 Å². The number of amidine groups is 1. The molecule has 1 aliphatic rings. The van der Waals surface area contributed by atoms with Crippen LogP contribution in [-0.2, 0) is 15.9 Å². The average molecular weight is 415 g/mol. The molecule has 0 aliphatic carbocycles. The Balaban J connectivity index is 0.00000240. The number of hydrogen-bond acceptors (Lipinski definition) is 6.